The smallest absolute Gasteiger partial charge is 0.239 e. The lowest BCUT2D eigenvalue weighted by atomic mass is 10.2. The van der Waals surface area contributed by atoms with Gasteiger partial charge in [0, 0.05) is 9.26 Å². The van der Waals surface area contributed by atoms with E-state index in [1.54, 1.807) is 6.26 Å². The molecule has 2 aromatic rings. The molecule has 0 saturated heterocycles. The van der Waals surface area contributed by atoms with Crippen molar-refractivity contribution >= 4 is 34.2 Å². The largest absolute Gasteiger partial charge is 0.467 e. The Morgan fingerprint density at radius 2 is 2.11 bits per heavy atom. The van der Waals surface area contributed by atoms with Crippen molar-refractivity contribution in [3.63, 3.8) is 0 Å². The Balaban J connectivity index is 1.84. The van der Waals surface area contributed by atoms with Gasteiger partial charge in [-0.1, -0.05) is 12.1 Å². The van der Waals surface area contributed by atoms with E-state index in [2.05, 4.69) is 33.2 Å². The second kappa shape index (κ2) is 6.60. The molecule has 4 nitrogen and oxygen atoms in total. The molecule has 0 spiro atoms. The van der Waals surface area contributed by atoms with E-state index >= 15 is 0 Å². The fourth-order valence-electron chi connectivity index (χ4n) is 1.68. The van der Waals surface area contributed by atoms with Gasteiger partial charge in [0.1, 0.15) is 5.76 Å². The highest BCUT2D eigenvalue weighted by Crippen LogP contribution is 2.16. The Labute approximate surface area is 125 Å². The Bertz CT molecular complexity index is 540. The number of para-hydroxylation sites is 1. The molecule has 1 amide bonds. The topological polar surface area (TPSA) is 54.3 Å². The lowest BCUT2D eigenvalue weighted by Crippen LogP contribution is -2.32. The van der Waals surface area contributed by atoms with Crippen LogP contribution in [0.1, 0.15) is 18.7 Å². The molecule has 1 unspecified atom stereocenters. The highest BCUT2D eigenvalue weighted by Gasteiger charge is 2.11. The van der Waals surface area contributed by atoms with Gasteiger partial charge < -0.3 is 15.1 Å². The molecule has 2 rings (SSSR count). The minimum absolute atomic E-state index is 0.0662. The maximum absolute atomic E-state index is 11.8. The number of carbonyl (C=O) groups is 1. The number of hydrogen-bond acceptors (Lipinski definition) is 3. The summed E-state index contributed by atoms with van der Waals surface area (Å²) in [7, 11) is 0. The quantitative estimate of drug-likeness (QED) is 0.795. The molecule has 2 N–H and O–H groups in total. The molecule has 100 valence electrons. The van der Waals surface area contributed by atoms with E-state index in [9.17, 15) is 4.79 Å². The number of hydrogen-bond donors (Lipinski definition) is 2. The Kier molecular flexibility index (Phi) is 4.84. The fraction of sp³-hybridized carbons (Fsp3) is 0.214. The van der Waals surface area contributed by atoms with Gasteiger partial charge in [-0.3, -0.25) is 4.79 Å². The molecule has 1 atom stereocenters. The summed E-state index contributed by atoms with van der Waals surface area (Å²) in [6.45, 7) is 2.13. The van der Waals surface area contributed by atoms with Gasteiger partial charge in [-0.2, -0.15) is 0 Å². The van der Waals surface area contributed by atoms with E-state index in [1.165, 1.54) is 0 Å². The van der Waals surface area contributed by atoms with Gasteiger partial charge in [-0.25, -0.2) is 0 Å². The SMILES string of the molecule is CC(NC(=O)CNc1ccccc1I)c1ccco1. The first-order valence-corrected chi connectivity index (χ1v) is 7.06. The molecule has 0 aliphatic carbocycles. The van der Waals surface area contributed by atoms with Crippen LogP contribution in [0.15, 0.2) is 47.1 Å². The van der Waals surface area contributed by atoms with Crippen molar-refractivity contribution in [3.05, 3.63) is 52.0 Å². The molecule has 0 radical (unpaired) electrons. The number of benzene rings is 1. The molecule has 1 heterocycles. The molecule has 5 heteroatoms. The summed E-state index contributed by atoms with van der Waals surface area (Å²) in [6, 6.07) is 11.4. The number of amides is 1. The minimum atomic E-state index is -0.126. The summed E-state index contributed by atoms with van der Waals surface area (Å²) in [5.74, 6) is 0.686. The second-order valence-electron chi connectivity index (χ2n) is 4.14. The van der Waals surface area contributed by atoms with E-state index in [4.69, 9.17) is 4.42 Å². The molecule has 0 aliphatic rings. The van der Waals surface area contributed by atoms with Crippen LogP contribution >= 0.6 is 22.6 Å². The van der Waals surface area contributed by atoms with Crippen molar-refractivity contribution in [2.75, 3.05) is 11.9 Å². The summed E-state index contributed by atoms with van der Waals surface area (Å²) in [6.07, 6.45) is 1.60. The molecule has 19 heavy (non-hydrogen) atoms. The number of rotatable bonds is 5. The maximum Gasteiger partial charge on any atom is 0.239 e. The fourth-order valence-corrected chi connectivity index (χ4v) is 2.26. The van der Waals surface area contributed by atoms with Gasteiger partial charge in [-0.05, 0) is 53.8 Å². The van der Waals surface area contributed by atoms with E-state index in [0.29, 0.717) is 0 Å². The van der Waals surface area contributed by atoms with Crippen LogP contribution in [-0.4, -0.2) is 12.5 Å². The number of anilines is 1. The highest BCUT2D eigenvalue weighted by molar-refractivity contribution is 14.1. The van der Waals surface area contributed by atoms with Crippen LogP contribution in [0.2, 0.25) is 0 Å². The first-order valence-electron chi connectivity index (χ1n) is 5.98. The summed E-state index contributed by atoms with van der Waals surface area (Å²) < 4.78 is 6.33. The van der Waals surface area contributed by atoms with Crippen molar-refractivity contribution in [2.24, 2.45) is 0 Å². The third-order valence-electron chi connectivity index (χ3n) is 2.66. The van der Waals surface area contributed by atoms with Crippen molar-refractivity contribution in [1.29, 1.82) is 0 Å². The molecular weight excluding hydrogens is 355 g/mol. The van der Waals surface area contributed by atoms with Gasteiger partial charge in [0.25, 0.3) is 0 Å². The second-order valence-corrected chi connectivity index (χ2v) is 5.30. The van der Waals surface area contributed by atoms with Gasteiger partial charge in [0.15, 0.2) is 0 Å². The molecule has 1 aromatic carbocycles. The lowest BCUT2D eigenvalue weighted by Gasteiger charge is -2.13. The van der Waals surface area contributed by atoms with Crippen molar-refractivity contribution in [3.8, 4) is 0 Å². The average Bonchev–Trinajstić information content (AvgIpc) is 2.91. The Morgan fingerprint density at radius 3 is 2.79 bits per heavy atom. The molecule has 0 aliphatic heterocycles. The molecular formula is C14H15IN2O2. The van der Waals surface area contributed by atoms with Crippen LogP contribution in [-0.2, 0) is 4.79 Å². The lowest BCUT2D eigenvalue weighted by molar-refractivity contribution is -0.120. The van der Waals surface area contributed by atoms with Crippen molar-refractivity contribution in [2.45, 2.75) is 13.0 Å². The zero-order chi connectivity index (χ0) is 13.7. The Hall–Kier alpha value is -1.50. The van der Waals surface area contributed by atoms with Crippen molar-refractivity contribution in [1.82, 2.24) is 5.32 Å². The average molecular weight is 370 g/mol. The van der Waals surface area contributed by atoms with Crippen LogP contribution in [0.4, 0.5) is 5.69 Å². The normalized spacial score (nSPS) is 11.9. The highest BCUT2D eigenvalue weighted by atomic mass is 127. The number of furan rings is 1. The standard InChI is InChI=1S/C14H15IN2O2/c1-10(13-7-4-8-19-13)17-14(18)9-16-12-6-3-2-5-11(12)15/h2-8,10,16H,9H2,1H3,(H,17,18). The zero-order valence-electron chi connectivity index (χ0n) is 10.5. The van der Waals surface area contributed by atoms with Crippen LogP contribution in [0, 0.1) is 3.57 Å². The Morgan fingerprint density at radius 1 is 1.32 bits per heavy atom. The van der Waals surface area contributed by atoms with Gasteiger partial charge in [0.05, 0.1) is 18.8 Å². The van der Waals surface area contributed by atoms with E-state index in [1.807, 2.05) is 43.3 Å². The number of carbonyl (C=O) groups excluding carboxylic acids is 1. The first kappa shape index (κ1) is 13.9. The third-order valence-corrected chi connectivity index (χ3v) is 3.60. The molecule has 0 saturated carbocycles. The monoisotopic (exact) mass is 370 g/mol. The maximum atomic E-state index is 11.8. The van der Waals surface area contributed by atoms with Gasteiger partial charge in [-0.15, -0.1) is 0 Å². The summed E-state index contributed by atoms with van der Waals surface area (Å²) in [5.41, 5.74) is 0.962. The van der Waals surface area contributed by atoms with Gasteiger partial charge in [0.2, 0.25) is 5.91 Å². The van der Waals surface area contributed by atoms with E-state index < -0.39 is 0 Å². The number of nitrogens with one attached hydrogen (secondary N) is 2. The molecule has 0 bridgehead atoms. The van der Waals surface area contributed by atoms with Crippen LogP contribution in [0.25, 0.3) is 0 Å². The summed E-state index contributed by atoms with van der Waals surface area (Å²) in [5, 5.41) is 5.99. The van der Waals surface area contributed by atoms with E-state index in [-0.39, 0.29) is 18.5 Å². The summed E-state index contributed by atoms with van der Waals surface area (Å²) in [4.78, 5) is 11.8. The number of halogens is 1. The first-order chi connectivity index (χ1) is 9.16. The predicted molar refractivity (Wildman–Crippen MR) is 82.9 cm³/mol. The molecule has 0 fully saturated rings. The van der Waals surface area contributed by atoms with Crippen LogP contribution in [0.3, 0.4) is 0 Å². The van der Waals surface area contributed by atoms with Crippen LogP contribution < -0.4 is 10.6 Å². The minimum Gasteiger partial charge on any atom is -0.467 e. The predicted octanol–water partition coefficient (Wildman–Crippen LogP) is 3.17. The van der Waals surface area contributed by atoms with Crippen LogP contribution in [0.5, 0.6) is 0 Å². The van der Waals surface area contributed by atoms with Crippen molar-refractivity contribution < 1.29 is 9.21 Å². The molecule has 1 aromatic heterocycles. The summed E-state index contributed by atoms with van der Waals surface area (Å²) >= 11 is 2.23. The van der Waals surface area contributed by atoms with E-state index in [0.717, 1.165) is 15.0 Å². The zero-order valence-corrected chi connectivity index (χ0v) is 12.7. The third kappa shape index (κ3) is 3.99. The van der Waals surface area contributed by atoms with Gasteiger partial charge >= 0.3 is 0 Å².